The van der Waals surface area contributed by atoms with Crippen molar-refractivity contribution < 1.29 is 14.4 Å². The summed E-state index contributed by atoms with van der Waals surface area (Å²) in [6.07, 6.45) is 4.37. The number of nitrogens with zero attached hydrogens (tertiary/aromatic N) is 1. The van der Waals surface area contributed by atoms with Crippen molar-refractivity contribution in [3.05, 3.63) is 42.3 Å². The molecule has 2 rings (SSSR count). The van der Waals surface area contributed by atoms with Crippen LogP contribution in [0.4, 0.5) is 0 Å². The van der Waals surface area contributed by atoms with Gasteiger partial charge in [0.05, 0.1) is 0 Å². The molecule has 1 aromatic rings. The van der Waals surface area contributed by atoms with Crippen molar-refractivity contribution in [1.82, 2.24) is 4.90 Å². The van der Waals surface area contributed by atoms with Crippen LogP contribution in [0.2, 0.25) is 0 Å². The minimum Gasteiger partial charge on any atom is -0.274 e. The fraction of sp³-hybridized carbons (Fsp3) is 0.375. The Balaban J connectivity index is 2.09. The van der Waals surface area contributed by atoms with Crippen LogP contribution in [0.1, 0.15) is 43.0 Å². The van der Waals surface area contributed by atoms with Crippen molar-refractivity contribution in [1.29, 1.82) is 0 Å². The third-order valence-corrected chi connectivity index (χ3v) is 3.38. The summed E-state index contributed by atoms with van der Waals surface area (Å²) in [5.74, 6) is -1.34. The predicted molar refractivity (Wildman–Crippen MR) is 74.6 cm³/mol. The van der Waals surface area contributed by atoms with Crippen molar-refractivity contribution in [2.45, 2.75) is 32.6 Å². The summed E-state index contributed by atoms with van der Waals surface area (Å²) in [4.78, 5) is 37.1. The molecule has 3 amide bonds. The van der Waals surface area contributed by atoms with E-state index in [0.29, 0.717) is 5.56 Å². The van der Waals surface area contributed by atoms with Gasteiger partial charge in [-0.3, -0.25) is 14.4 Å². The first-order chi connectivity index (χ1) is 9.63. The molecule has 0 N–H and O–H groups in total. The van der Waals surface area contributed by atoms with E-state index in [1.807, 2.05) is 13.3 Å². The van der Waals surface area contributed by atoms with E-state index in [4.69, 9.17) is 0 Å². The SMILES string of the molecule is CCC[CH]C1CC(=O)N(C(=O)c2ccccc2)C(=O)C1. The van der Waals surface area contributed by atoms with E-state index >= 15 is 0 Å². The second kappa shape index (κ2) is 6.46. The molecule has 1 fully saturated rings. The molecule has 1 aromatic carbocycles. The van der Waals surface area contributed by atoms with E-state index in [9.17, 15) is 14.4 Å². The number of carbonyl (C=O) groups excluding carboxylic acids is 3. The van der Waals surface area contributed by atoms with Crippen molar-refractivity contribution >= 4 is 17.7 Å². The first-order valence-corrected chi connectivity index (χ1v) is 6.92. The van der Waals surface area contributed by atoms with Gasteiger partial charge in [-0.15, -0.1) is 0 Å². The number of rotatable bonds is 4. The summed E-state index contributed by atoms with van der Waals surface area (Å²) < 4.78 is 0. The Morgan fingerprint density at radius 1 is 1.20 bits per heavy atom. The number of amides is 3. The Labute approximate surface area is 118 Å². The lowest BCUT2D eigenvalue weighted by Gasteiger charge is -2.28. The predicted octanol–water partition coefficient (Wildman–Crippen LogP) is 2.60. The molecular weight excluding hydrogens is 254 g/mol. The van der Waals surface area contributed by atoms with Gasteiger partial charge in [0.1, 0.15) is 0 Å². The van der Waals surface area contributed by atoms with Crippen LogP contribution in [0.3, 0.4) is 0 Å². The van der Waals surface area contributed by atoms with Gasteiger partial charge in [-0.2, -0.15) is 0 Å². The number of unbranched alkanes of at least 4 members (excludes halogenated alkanes) is 1. The molecule has 1 heterocycles. The second-order valence-corrected chi connectivity index (χ2v) is 4.99. The molecular formula is C16H18NO3. The Morgan fingerprint density at radius 2 is 1.80 bits per heavy atom. The lowest BCUT2D eigenvalue weighted by Crippen LogP contribution is -2.47. The minimum absolute atomic E-state index is 0.0326. The van der Waals surface area contributed by atoms with Gasteiger partial charge in [-0.25, -0.2) is 4.90 Å². The Hall–Kier alpha value is -1.97. The highest BCUT2D eigenvalue weighted by molar-refractivity contribution is 6.17. The van der Waals surface area contributed by atoms with Gasteiger partial charge in [0, 0.05) is 18.4 Å². The number of piperidine rings is 1. The third kappa shape index (κ3) is 3.13. The topological polar surface area (TPSA) is 54.5 Å². The van der Waals surface area contributed by atoms with Crippen LogP contribution in [-0.4, -0.2) is 22.6 Å². The summed E-state index contributed by atoms with van der Waals surface area (Å²) >= 11 is 0. The Bertz CT molecular complexity index is 492. The number of hydrogen-bond donors (Lipinski definition) is 0. The normalized spacial score (nSPS) is 16.6. The van der Waals surface area contributed by atoms with Gasteiger partial charge in [0.25, 0.3) is 5.91 Å². The van der Waals surface area contributed by atoms with E-state index in [1.165, 1.54) is 0 Å². The van der Waals surface area contributed by atoms with Gasteiger partial charge < -0.3 is 0 Å². The van der Waals surface area contributed by atoms with Gasteiger partial charge >= 0.3 is 0 Å². The zero-order chi connectivity index (χ0) is 14.5. The Kier molecular flexibility index (Phi) is 4.66. The van der Waals surface area contributed by atoms with Crippen molar-refractivity contribution in [2.24, 2.45) is 5.92 Å². The van der Waals surface area contributed by atoms with E-state index in [0.717, 1.165) is 17.7 Å². The number of benzene rings is 1. The van der Waals surface area contributed by atoms with Crippen molar-refractivity contribution in [3.8, 4) is 0 Å². The molecule has 1 radical (unpaired) electrons. The highest BCUT2D eigenvalue weighted by Crippen LogP contribution is 2.25. The standard InChI is InChI=1S/C16H18NO3/c1-2-3-7-12-10-14(18)17(15(19)11-12)16(20)13-8-5-4-6-9-13/h4-9,12H,2-3,10-11H2,1H3. The monoisotopic (exact) mass is 272 g/mol. The average molecular weight is 272 g/mol. The summed E-state index contributed by atoms with van der Waals surface area (Å²) in [5, 5.41) is 0. The maximum Gasteiger partial charge on any atom is 0.267 e. The highest BCUT2D eigenvalue weighted by Gasteiger charge is 2.36. The van der Waals surface area contributed by atoms with Crippen LogP contribution in [0.5, 0.6) is 0 Å². The van der Waals surface area contributed by atoms with Crippen LogP contribution < -0.4 is 0 Å². The zero-order valence-electron chi connectivity index (χ0n) is 11.5. The largest absolute Gasteiger partial charge is 0.274 e. The average Bonchev–Trinajstić information content (AvgIpc) is 2.45. The van der Waals surface area contributed by atoms with Gasteiger partial charge in [0.2, 0.25) is 11.8 Å². The first-order valence-electron chi connectivity index (χ1n) is 6.92. The molecule has 20 heavy (non-hydrogen) atoms. The van der Waals surface area contributed by atoms with Gasteiger partial charge in [-0.1, -0.05) is 38.0 Å². The summed E-state index contributed by atoms with van der Waals surface area (Å²) in [6.45, 7) is 2.05. The van der Waals surface area contributed by atoms with Crippen LogP contribution in [0, 0.1) is 12.3 Å². The van der Waals surface area contributed by atoms with E-state index in [2.05, 4.69) is 0 Å². The maximum absolute atomic E-state index is 12.2. The summed E-state index contributed by atoms with van der Waals surface area (Å²) in [5.41, 5.74) is 0.366. The number of carbonyl (C=O) groups is 3. The fourth-order valence-electron chi connectivity index (χ4n) is 2.35. The number of hydrogen-bond acceptors (Lipinski definition) is 3. The summed E-state index contributed by atoms with van der Waals surface area (Å²) in [6, 6.07) is 8.43. The molecule has 1 saturated heterocycles. The van der Waals surface area contributed by atoms with E-state index in [-0.39, 0.29) is 18.8 Å². The first kappa shape index (κ1) is 14.4. The zero-order valence-corrected chi connectivity index (χ0v) is 11.5. The number of likely N-dealkylation sites (tertiary alicyclic amines) is 1. The van der Waals surface area contributed by atoms with Crippen molar-refractivity contribution in [2.75, 3.05) is 0 Å². The summed E-state index contributed by atoms with van der Waals surface area (Å²) in [7, 11) is 0. The van der Waals surface area contributed by atoms with E-state index < -0.39 is 17.7 Å². The molecule has 4 heteroatoms. The molecule has 0 aromatic heterocycles. The molecule has 4 nitrogen and oxygen atoms in total. The van der Waals surface area contributed by atoms with Gasteiger partial charge in [-0.05, 0) is 24.5 Å². The molecule has 1 aliphatic rings. The molecule has 105 valence electrons. The third-order valence-electron chi connectivity index (χ3n) is 3.38. The second-order valence-electron chi connectivity index (χ2n) is 4.99. The van der Waals surface area contributed by atoms with Crippen LogP contribution >= 0.6 is 0 Å². The molecule has 0 unspecified atom stereocenters. The van der Waals surface area contributed by atoms with E-state index in [1.54, 1.807) is 30.3 Å². The fourth-order valence-corrected chi connectivity index (χ4v) is 2.35. The molecule has 0 saturated carbocycles. The molecule has 1 aliphatic heterocycles. The smallest absolute Gasteiger partial charge is 0.267 e. The van der Waals surface area contributed by atoms with Crippen LogP contribution in [0.15, 0.2) is 30.3 Å². The quantitative estimate of drug-likeness (QED) is 0.792. The van der Waals surface area contributed by atoms with Crippen LogP contribution in [0.25, 0.3) is 0 Å². The highest BCUT2D eigenvalue weighted by atomic mass is 16.2. The van der Waals surface area contributed by atoms with Crippen LogP contribution in [-0.2, 0) is 9.59 Å². The Morgan fingerprint density at radius 3 is 2.35 bits per heavy atom. The van der Waals surface area contributed by atoms with Crippen molar-refractivity contribution in [3.63, 3.8) is 0 Å². The number of imide groups is 3. The molecule has 0 bridgehead atoms. The van der Waals surface area contributed by atoms with Gasteiger partial charge in [0.15, 0.2) is 0 Å². The molecule has 0 spiro atoms. The lowest BCUT2D eigenvalue weighted by atomic mass is 9.90. The maximum atomic E-state index is 12.2. The minimum atomic E-state index is -0.519. The molecule has 0 atom stereocenters. The molecule has 0 aliphatic carbocycles. The lowest BCUT2D eigenvalue weighted by molar-refractivity contribution is -0.145.